The maximum atomic E-state index is 4.16. The summed E-state index contributed by atoms with van der Waals surface area (Å²) in [7, 11) is 0. The van der Waals surface area contributed by atoms with E-state index in [-0.39, 0.29) is 0 Å². The first-order chi connectivity index (χ1) is 3.89. The molecule has 1 heterocycles. The second kappa shape index (κ2) is 2.65. The number of nitrogens with zero attached hydrogens (tertiary/aromatic N) is 1. The van der Waals surface area contributed by atoms with Crippen molar-refractivity contribution in [3.05, 3.63) is 12.3 Å². The quantitative estimate of drug-likeness (QED) is 0.452. The molecular formula is C7H11N. The SMILES string of the molecule is CC1=NC=CCCC1. The zero-order valence-corrected chi connectivity index (χ0v) is 5.22. The molecule has 0 saturated heterocycles. The highest BCUT2D eigenvalue weighted by atomic mass is 14.7. The monoisotopic (exact) mass is 109 g/mol. The second-order valence-corrected chi connectivity index (χ2v) is 2.14. The maximum Gasteiger partial charge on any atom is 0.0227 e. The van der Waals surface area contributed by atoms with Crippen LogP contribution in [0.2, 0.25) is 0 Å². The van der Waals surface area contributed by atoms with Crippen LogP contribution in [0.1, 0.15) is 26.2 Å². The summed E-state index contributed by atoms with van der Waals surface area (Å²) in [5.41, 5.74) is 1.26. The Kier molecular flexibility index (Phi) is 1.84. The van der Waals surface area contributed by atoms with Crippen molar-refractivity contribution in [1.29, 1.82) is 0 Å². The summed E-state index contributed by atoms with van der Waals surface area (Å²) in [6, 6.07) is 0. The Bertz CT molecular complexity index is 122. The van der Waals surface area contributed by atoms with Crippen molar-refractivity contribution < 1.29 is 0 Å². The van der Waals surface area contributed by atoms with Crippen LogP contribution in [0.25, 0.3) is 0 Å². The van der Waals surface area contributed by atoms with Crippen molar-refractivity contribution in [3.8, 4) is 0 Å². The number of aliphatic imine (C=N–C) groups is 1. The Hall–Kier alpha value is -0.590. The van der Waals surface area contributed by atoms with Crippen LogP contribution >= 0.6 is 0 Å². The molecule has 0 atom stereocenters. The van der Waals surface area contributed by atoms with Gasteiger partial charge >= 0.3 is 0 Å². The molecule has 1 aliphatic heterocycles. The minimum absolute atomic E-state index is 1.17. The molecule has 0 aromatic carbocycles. The van der Waals surface area contributed by atoms with E-state index < -0.39 is 0 Å². The van der Waals surface area contributed by atoms with Gasteiger partial charge in [-0.05, 0) is 26.2 Å². The number of hydrogen-bond acceptors (Lipinski definition) is 1. The van der Waals surface area contributed by atoms with Gasteiger partial charge in [0.1, 0.15) is 0 Å². The summed E-state index contributed by atoms with van der Waals surface area (Å²) in [4.78, 5) is 4.16. The minimum Gasteiger partial charge on any atom is -0.266 e. The average molecular weight is 109 g/mol. The molecule has 0 fully saturated rings. The first-order valence-corrected chi connectivity index (χ1v) is 3.08. The van der Waals surface area contributed by atoms with E-state index in [1.165, 1.54) is 25.0 Å². The van der Waals surface area contributed by atoms with Gasteiger partial charge in [-0.1, -0.05) is 6.08 Å². The van der Waals surface area contributed by atoms with E-state index in [4.69, 9.17) is 0 Å². The molecule has 0 bridgehead atoms. The van der Waals surface area contributed by atoms with E-state index in [9.17, 15) is 0 Å². The molecule has 1 heteroatoms. The first kappa shape index (κ1) is 5.54. The molecule has 0 aliphatic carbocycles. The van der Waals surface area contributed by atoms with Gasteiger partial charge in [-0.2, -0.15) is 0 Å². The van der Waals surface area contributed by atoms with Crippen LogP contribution in [0.5, 0.6) is 0 Å². The fourth-order valence-electron chi connectivity index (χ4n) is 0.795. The molecule has 0 radical (unpaired) electrons. The van der Waals surface area contributed by atoms with Crippen LogP contribution in [-0.4, -0.2) is 5.71 Å². The Morgan fingerprint density at radius 2 is 2.50 bits per heavy atom. The Morgan fingerprint density at radius 3 is 3.38 bits per heavy atom. The van der Waals surface area contributed by atoms with Crippen molar-refractivity contribution in [2.24, 2.45) is 4.99 Å². The molecule has 0 spiro atoms. The van der Waals surface area contributed by atoms with Gasteiger partial charge in [0.2, 0.25) is 0 Å². The molecule has 0 N–H and O–H groups in total. The Morgan fingerprint density at radius 1 is 1.62 bits per heavy atom. The highest BCUT2D eigenvalue weighted by Gasteiger charge is 1.91. The third-order valence-electron chi connectivity index (χ3n) is 1.31. The van der Waals surface area contributed by atoms with Crippen molar-refractivity contribution >= 4 is 5.71 Å². The van der Waals surface area contributed by atoms with Crippen LogP contribution in [0, 0.1) is 0 Å². The lowest BCUT2D eigenvalue weighted by Gasteiger charge is -1.89. The molecule has 0 aromatic heterocycles. The summed E-state index contributed by atoms with van der Waals surface area (Å²) >= 11 is 0. The average Bonchev–Trinajstić information content (AvgIpc) is 1.94. The smallest absolute Gasteiger partial charge is 0.0227 e. The Labute approximate surface area is 50.1 Å². The van der Waals surface area contributed by atoms with Crippen molar-refractivity contribution in [3.63, 3.8) is 0 Å². The van der Waals surface area contributed by atoms with Crippen molar-refractivity contribution in [2.75, 3.05) is 0 Å². The van der Waals surface area contributed by atoms with E-state index >= 15 is 0 Å². The van der Waals surface area contributed by atoms with Gasteiger partial charge in [0, 0.05) is 11.9 Å². The fourth-order valence-corrected chi connectivity index (χ4v) is 0.795. The summed E-state index contributed by atoms with van der Waals surface area (Å²) in [5.74, 6) is 0. The van der Waals surface area contributed by atoms with E-state index in [0.29, 0.717) is 0 Å². The van der Waals surface area contributed by atoms with Gasteiger partial charge in [0.05, 0.1) is 0 Å². The first-order valence-electron chi connectivity index (χ1n) is 3.08. The predicted octanol–water partition coefficient (Wildman–Crippen LogP) is 2.14. The highest BCUT2D eigenvalue weighted by molar-refractivity contribution is 5.82. The number of hydrogen-bond donors (Lipinski definition) is 0. The van der Waals surface area contributed by atoms with E-state index in [2.05, 4.69) is 18.0 Å². The molecule has 1 aliphatic rings. The van der Waals surface area contributed by atoms with Crippen LogP contribution in [0.15, 0.2) is 17.3 Å². The lowest BCUT2D eigenvalue weighted by Crippen LogP contribution is -1.86. The van der Waals surface area contributed by atoms with Gasteiger partial charge in [-0.3, -0.25) is 4.99 Å². The van der Waals surface area contributed by atoms with Gasteiger partial charge in [0.25, 0.3) is 0 Å². The predicted molar refractivity (Wildman–Crippen MR) is 36.1 cm³/mol. The van der Waals surface area contributed by atoms with E-state index in [1.54, 1.807) is 0 Å². The van der Waals surface area contributed by atoms with Crippen molar-refractivity contribution in [1.82, 2.24) is 0 Å². The molecular weight excluding hydrogens is 98.1 g/mol. The second-order valence-electron chi connectivity index (χ2n) is 2.14. The van der Waals surface area contributed by atoms with Gasteiger partial charge < -0.3 is 0 Å². The third-order valence-corrected chi connectivity index (χ3v) is 1.31. The normalized spacial score (nSPS) is 19.9. The van der Waals surface area contributed by atoms with Gasteiger partial charge in [-0.15, -0.1) is 0 Å². The largest absolute Gasteiger partial charge is 0.266 e. The fraction of sp³-hybridized carbons (Fsp3) is 0.571. The third kappa shape index (κ3) is 1.49. The molecule has 0 saturated carbocycles. The molecule has 0 aromatic rings. The van der Waals surface area contributed by atoms with Crippen LogP contribution in [0.4, 0.5) is 0 Å². The van der Waals surface area contributed by atoms with E-state index in [0.717, 1.165) is 0 Å². The van der Waals surface area contributed by atoms with Crippen LogP contribution in [0.3, 0.4) is 0 Å². The number of allylic oxidation sites excluding steroid dienone is 1. The molecule has 8 heavy (non-hydrogen) atoms. The number of rotatable bonds is 0. The highest BCUT2D eigenvalue weighted by Crippen LogP contribution is 2.03. The molecule has 0 amide bonds. The summed E-state index contributed by atoms with van der Waals surface area (Å²) < 4.78 is 0. The summed E-state index contributed by atoms with van der Waals surface area (Å²) in [6.45, 7) is 2.08. The minimum atomic E-state index is 1.17. The maximum absolute atomic E-state index is 4.16. The summed E-state index contributed by atoms with van der Waals surface area (Å²) in [6.07, 6.45) is 7.67. The zero-order chi connectivity index (χ0) is 5.82. The van der Waals surface area contributed by atoms with E-state index in [1.807, 2.05) is 6.20 Å². The lowest BCUT2D eigenvalue weighted by atomic mass is 10.2. The molecule has 1 rings (SSSR count). The van der Waals surface area contributed by atoms with Gasteiger partial charge in [0.15, 0.2) is 0 Å². The molecule has 44 valence electrons. The zero-order valence-electron chi connectivity index (χ0n) is 5.22. The van der Waals surface area contributed by atoms with Crippen molar-refractivity contribution in [2.45, 2.75) is 26.2 Å². The summed E-state index contributed by atoms with van der Waals surface area (Å²) in [5, 5.41) is 0. The standard InChI is InChI=1S/C7H11N/c1-7-5-3-2-4-6-8-7/h4,6H,2-3,5H2,1H3. The van der Waals surface area contributed by atoms with Gasteiger partial charge in [-0.25, -0.2) is 0 Å². The lowest BCUT2D eigenvalue weighted by molar-refractivity contribution is 0.900. The van der Waals surface area contributed by atoms with Crippen LogP contribution in [-0.2, 0) is 0 Å². The molecule has 1 nitrogen and oxygen atoms in total. The Balaban J connectivity index is 2.52. The van der Waals surface area contributed by atoms with Crippen LogP contribution < -0.4 is 0 Å². The molecule has 0 unspecified atom stereocenters. The topological polar surface area (TPSA) is 12.4 Å².